The Kier molecular flexibility index (Phi) is 4.65. The number of carbonyl (C=O) groups is 3. The highest BCUT2D eigenvalue weighted by Gasteiger charge is 2.39. The molecule has 154 valence electrons. The number of fused-ring (bicyclic) bond motifs is 2. The van der Waals surface area contributed by atoms with Crippen LogP contribution in [0.1, 0.15) is 46.3 Å². The first kappa shape index (κ1) is 18.7. The number of rotatable bonds is 4. The molecule has 3 N–H and O–H groups in total. The maximum absolute atomic E-state index is 12.8. The Morgan fingerprint density at radius 2 is 1.93 bits per heavy atom. The molecule has 7 heteroatoms. The molecule has 5 rings (SSSR count). The molecular formula is C23H24N4O3. The summed E-state index contributed by atoms with van der Waals surface area (Å²) in [5, 5.41) is 9.23. The maximum Gasteiger partial charge on any atom is 0.255 e. The number of hydrogen-bond donors (Lipinski definition) is 3. The van der Waals surface area contributed by atoms with Gasteiger partial charge in [0.25, 0.3) is 5.91 Å². The minimum absolute atomic E-state index is 0.138. The van der Waals surface area contributed by atoms with Crippen molar-refractivity contribution in [2.45, 2.75) is 44.8 Å². The molecule has 1 unspecified atom stereocenters. The van der Waals surface area contributed by atoms with Crippen molar-refractivity contribution in [3.8, 4) is 0 Å². The van der Waals surface area contributed by atoms with Gasteiger partial charge in [-0.05, 0) is 60.2 Å². The maximum atomic E-state index is 12.8. The average Bonchev–Trinajstić information content (AvgIpc) is 3.08. The van der Waals surface area contributed by atoms with Crippen LogP contribution in [0.15, 0.2) is 36.4 Å². The number of anilines is 2. The number of nitrogens with one attached hydrogen (secondary N) is 3. The molecule has 0 aliphatic carbocycles. The van der Waals surface area contributed by atoms with E-state index in [4.69, 9.17) is 0 Å². The normalized spacial score (nSPS) is 20.3. The van der Waals surface area contributed by atoms with Crippen molar-refractivity contribution in [3.63, 3.8) is 0 Å². The lowest BCUT2D eigenvalue weighted by Gasteiger charge is -2.29. The summed E-state index contributed by atoms with van der Waals surface area (Å²) in [5.41, 5.74) is 6.30. The van der Waals surface area contributed by atoms with E-state index in [1.165, 1.54) is 11.3 Å². The average molecular weight is 404 g/mol. The molecule has 2 aromatic rings. The first-order valence-corrected chi connectivity index (χ1v) is 10.5. The van der Waals surface area contributed by atoms with Crippen molar-refractivity contribution in [2.24, 2.45) is 0 Å². The van der Waals surface area contributed by atoms with Gasteiger partial charge in [-0.3, -0.25) is 19.7 Å². The predicted octanol–water partition coefficient (Wildman–Crippen LogP) is 2.42. The SMILES string of the molecule is O=C1CCC(N2Cc3cc(CNc4ccc5c(c4)CCCN5)ccc3C2=O)C(=O)N1. The third-order valence-electron chi connectivity index (χ3n) is 6.13. The molecule has 0 spiro atoms. The lowest BCUT2D eigenvalue weighted by molar-refractivity contribution is -0.136. The molecule has 3 heterocycles. The van der Waals surface area contributed by atoms with Gasteiger partial charge in [-0.15, -0.1) is 0 Å². The molecule has 7 nitrogen and oxygen atoms in total. The van der Waals surface area contributed by atoms with Gasteiger partial charge in [-0.1, -0.05) is 12.1 Å². The van der Waals surface area contributed by atoms with E-state index in [-0.39, 0.29) is 24.1 Å². The van der Waals surface area contributed by atoms with E-state index in [1.54, 1.807) is 4.90 Å². The molecule has 0 aromatic heterocycles. The van der Waals surface area contributed by atoms with Gasteiger partial charge in [0.1, 0.15) is 6.04 Å². The van der Waals surface area contributed by atoms with E-state index in [2.05, 4.69) is 34.1 Å². The molecule has 0 radical (unpaired) electrons. The fraction of sp³-hybridized carbons (Fsp3) is 0.348. The van der Waals surface area contributed by atoms with Crippen molar-refractivity contribution in [3.05, 3.63) is 58.7 Å². The summed E-state index contributed by atoms with van der Waals surface area (Å²) in [4.78, 5) is 38.0. The molecule has 1 fully saturated rings. The van der Waals surface area contributed by atoms with Crippen molar-refractivity contribution in [1.82, 2.24) is 10.2 Å². The van der Waals surface area contributed by atoms with Crippen molar-refractivity contribution >= 4 is 29.1 Å². The monoisotopic (exact) mass is 404 g/mol. The van der Waals surface area contributed by atoms with Gasteiger partial charge in [-0.25, -0.2) is 0 Å². The number of imide groups is 1. The van der Waals surface area contributed by atoms with Gasteiger partial charge in [-0.2, -0.15) is 0 Å². The number of aryl methyl sites for hydroxylation is 1. The molecule has 1 atom stereocenters. The van der Waals surface area contributed by atoms with Crippen LogP contribution in [-0.4, -0.2) is 35.2 Å². The van der Waals surface area contributed by atoms with Crippen LogP contribution in [0.4, 0.5) is 11.4 Å². The van der Waals surface area contributed by atoms with Crippen molar-refractivity contribution < 1.29 is 14.4 Å². The summed E-state index contributed by atoms with van der Waals surface area (Å²) < 4.78 is 0. The van der Waals surface area contributed by atoms with Crippen LogP contribution in [0.5, 0.6) is 0 Å². The predicted molar refractivity (Wildman–Crippen MR) is 113 cm³/mol. The lowest BCUT2D eigenvalue weighted by Crippen LogP contribution is -2.52. The number of carbonyl (C=O) groups excluding carboxylic acids is 3. The highest BCUT2D eigenvalue weighted by atomic mass is 16.2. The molecular weight excluding hydrogens is 380 g/mol. The standard InChI is InChI=1S/C23H24N4O3/c28-21-8-7-20(22(29)26-21)27-13-16-10-14(3-5-18(16)23(27)30)12-25-17-4-6-19-15(11-17)2-1-9-24-19/h3-6,10-11,20,24-25H,1-2,7-9,12-13H2,(H,26,28,29). The quantitative estimate of drug-likeness (QED) is 0.681. The summed E-state index contributed by atoms with van der Waals surface area (Å²) >= 11 is 0. The number of amides is 3. The molecule has 0 saturated carbocycles. The number of piperidine rings is 1. The summed E-state index contributed by atoms with van der Waals surface area (Å²) in [6.07, 6.45) is 2.89. The summed E-state index contributed by atoms with van der Waals surface area (Å²) in [5.74, 6) is -0.788. The van der Waals surface area contributed by atoms with Crippen LogP contribution in [0.2, 0.25) is 0 Å². The Hall–Kier alpha value is -3.35. The summed E-state index contributed by atoms with van der Waals surface area (Å²) in [6.45, 7) is 2.09. The van der Waals surface area contributed by atoms with Gasteiger partial charge >= 0.3 is 0 Å². The Morgan fingerprint density at radius 1 is 1.03 bits per heavy atom. The minimum Gasteiger partial charge on any atom is -0.385 e. The largest absolute Gasteiger partial charge is 0.385 e. The lowest BCUT2D eigenvalue weighted by atomic mass is 10.0. The highest BCUT2D eigenvalue weighted by Crippen LogP contribution is 2.29. The van der Waals surface area contributed by atoms with Crippen molar-refractivity contribution in [1.29, 1.82) is 0 Å². The third kappa shape index (κ3) is 3.40. The zero-order valence-corrected chi connectivity index (χ0v) is 16.7. The van der Waals surface area contributed by atoms with Crippen LogP contribution in [0.3, 0.4) is 0 Å². The van der Waals surface area contributed by atoms with Crippen molar-refractivity contribution in [2.75, 3.05) is 17.2 Å². The smallest absolute Gasteiger partial charge is 0.255 e. The van der Waals surface area contributed by atoms with Crippen LogP contribution in [0.25, 0.3) is 0 Å². The van der Waals surface area contributed by atoms with Crippen LogP contribution in [-0.2, 0) is 29.1 Å². The number of benzene rings is 2. The van der Waals surface area contributed by atoms with Gasteiger partial charge in [0.05, 0.1) is 0 Å². The first-order valence-electron chi connectivity index (χ1n) is 10.5. The summed E-state index contributed by atoms with van der Waals surface area (Å²) in [7, 11) is 0. The van der Waals surface area contributed by atoms with Crippen LogP contribution >= 0.6 is 0 Å². The molecule has 2 aromatic carbocycles. The van der Waals surface area contributed by atoms with Gasteiger partial charge in [0, 0.05) is 43.0 Å². The fourth-order valence-corrected chi connectivity index (χ4v) is 4.53. The first-order chi connectivity index (χ1) is 14.6. The number of nitrogens with zero attached hydrogens (tertiary/aromatic N) is 1. The van der Waals surface area contributed by atoms with E-state index in [9.17, 15) is 14.4 Å². The molecule has 3 amide bonds. The Labute approximate surface area is 174 Å². The Morgan fingerprint density at radius 3 is 2.80 bits per heavy atom. The van der Waals surface area contributed by atoms with E-state index in [1.807, 2.05) is 18.2 Å². The zero-order chi connectivity index (χ0) is 20.7. The molecule has 3 aliphatic rings. The topological polar surface area (TPSA) is 90.5 Å². The second-order valence-corrected chi connectivity index (χ2v) is 8.15. The third-order valence-corrected chi connectivity index (χ3v) is 6.13. The van der Waals surface area contributed by atoms with Crippen LogP contribution < -0.4 is 16.0 Å². The highest BCUT2D eigenvalue weighted by molar-refractivity contribution is 6.05. The Balaban J connectivity index is 1.27. The molecule has 3 aliphatic heterocycles. The number of hydrogen-bond acceptors (Lipinski definition) is 5. The van der Waals surface area contributed by atoms with Crippen LogP contribution in [0, 0.1) is 0 Å². The fourth-order valence-electron chi connectivity index (χ4n) is 4.53. The van der Waals surface area contributed by atoms with E-state index in [0.29, 0.717) is 25.1 Å². The van der Waals surface area contributed by atoms with E-state index < -0.39 is 6.04 Å². The van der Waals surface area contributed by atoms with E-state index in [0.717, 1.165) is 36.2 Å². The molecule has 0 bridgehead atoms. The molecule has 30 heavy (non-hydrogen) atoms. The second-order valence-electron chi connectivity index (χ2n) is 8.15. The second kappa shape index (κ2) is 7.48. The Bertz CT molecular complexity index is 1050. The van der Waals surface area contributed by atoms with Gasteiger partial charge in [0.15, 0.2) is 0 Å². The summed E-state index contributed by atoms with van der Waals surface area (Å²) in [6, 6.07) is 11.7. The minimum atomic E-state index is -0.576. The van der Waals surface area contributed by atoms with Gasteiger partial charge < -0.3 is 15.5 Å². The van der Waals surface area contributed by atoms with E-state index >= 15 is 0 Å². The van der Waals surface area contributed by atoms with Gasteiger partial charge in [0.2, 0.25) is 11.8 Å². The zero-order valence-electron chi connectivity index (χ0n) is 16.7. The molecule has 1 saturated heterocycles.